The highest BCUT2D eigenvalue weighted by Gasteiger charge is 2.17. The lowest BCUT2D eigenvalue weighted by atomic mass is 10.2. The van der Waals surface area contributed by atoms with Gasteiger partial charge in [0.25, 0.3) is 5.22 Å². The van der Waals surface area contributed by atoms with Crippen LogP contribution in [-0.2, 0) is 4.79 Å². The van der Waals surface area contributed by atoms with E-state index in [1.807, 2.05) is 0 Å². The number of hydrogen-bond acceptors (Lipinski definition) is 8. The van der Waals surface area contributed by atoms with E-state index in [0.29, 0.717) is 39.7 Å². The number of imidazole rings is 1. The van der Waals surface area contributed by atoms with Crippen LogP contribution in [0.5, 0.6) is 11.5 Å². The monoisotopic (exact) mass is 411 g/mol. The Morgan fingerprint density at radius 2 is 1.93 bits per heavy atom. The van der Waals surface area contributed by atoms with Gasteiger partial charge in [-0.15, -0.1) is 10.2 Å². The Morgan fingerprint density at radius 3 is 2.86 bits per heavy atom. The van der Waals surface area contributed by atoms with Gasteiger partial charge in [-0.1, -0.05) is 11.8 Å². The summed E-state index contributed by atoms with van der Waals surface area (Å²) in [5.41, 5.74) is 2.26. The van der Waals surface area contributed by atoms with Crippen LogP contribution in [-0.4, -0.2) is 38.6 Å². The highest BCUT2D eigenvalue weighted by molar-refractivity contribution is 7.99. The number of benzene rings is 2. The Kier molecular flexibility index (Phi) is 4.21. The number of nitrogens with zero attached hydrogens (tertiary/aromatic N) is 2. The lowest BCUT2D eigenvalue weighted by Gasteiger charge is -2.03. The fourth-order valence-corrected chi connectivity index (χ4v) is 3.41. The molecule has 3 N–H and O–H groups in total. The first-order valence-electron chi connectivity index (χ1n) is 8.52. The third kappa shape index (κ3) is 3.55. The molecule has 1 aliphatic heterocycles. The zero-order valence-corrected chi connectivity index (χ0v) is 15.5. The standard InChI is InChI=1S/C18H13N5O5S/c24-15(19-10-2-3-11-12(6-10)21-17(25)20-11)7-29-18-23-22-16(28-18)9-1-4-13-14(5-9)27-8-26-13/h1-6H,7-8H2,(H,19,24)(H2,20,21,25). The van der Waals surface area contributed by atoms with Crippen LogP contribution in [0.25, 0.3) is 22.5 Å². The van der Waals surface area contributed by atoms with Crippen molar-refractivity contribution >= 4 is 34.4 Å². The predicted octanol–water partition coefficient (Wildman–Crippen LogP) is 2.37. The largest absolute Gasteiger partial charge is 0.454 e. The molecule has 0 spiro atoms. The van der Waals surface area contributed by atoms with E-state index in [4.69, 9.17) is 13.9 Å². The predicted molar refractivity (Wildman–Crippen MR) is 104 cm³/mol. The van der Waals surface area contributed by atoms with E-state index in [1.54, 1.807) is 36.4 Å². The van der Waals surface area contributed by atoms with Gasteiger partial charge in [-0.3, -0.25) is 4.79 Å². The summed E-state index contributed by atoms with van der Waals surface area (Å²) in [6.07, 6.45) is 0. The number of H-pyrrole nitrogens is 2. The quantitative estimate of drug-likeness (QED) is 0.426. The number of fused-ring (bicyclic) bond motifs is 2. The summed E-state index contributed by atoms with van der Waals surface area (Å²) >= 11 is 1.12. The number of ether oxygens (including phenoxy) is 2. The van der Waals surface area contributed by atoms with Gasteiger partial charge in [-0.25, -0.2) is 4.79 Å². The number of nitrogens with one attached hydrogen (secondary N) is 3. The highest BCUT2D eigenvalue weighted by Crippen LogP contribution is 2.36. The minimum atomic E-state index is -0.298. The summed E-state index contributed by atoms with van der Waals surface area (Å²) < 4.78 is 16.2. The molecule has 5 rings (SSSR count). The zero-order valence-electron chi connectivity index (χ0n) is 14.7. The molecule has 0 radical (unpaired) electrons. The van der Waals surface area contributed by atoms with E-state index in [2.05, 4.69) is 25.5 Å². The molecular formula is C18H13N5O5S. The summed E-state index contributed by atoms with van der Waals surface area (Å²) in [7, 11) is 0. The molecule has 2 aromatic heterocycles. The molecule has 11 heteroatoms. The number of anilines is 1. The van der Waals surface area contributed by atoms with Crippen LogP contribution in [0, 0.1) is 0 Å². The normalized spacial score (nSPS) is 12.4. The van der Waals surface area contributed by atoms with E-state index in [-0.39, 0.29) is 29.4 Å². The molecule has 1 amide bonds. The van der Waals surface area contributed by atoms with E-state index >= 15 is 0 Å². The number of amides is 1. The van der Waals surface area contributed by atoms with Crippen LogP contribution < -0.4 is 20.5 Å². The van der Waals surface area contributed by atoms with Crippen LogP contribution >= 0.6 is 11.8 Å². The first-order chi connectivity index (χ1) is 14.1. The van der Waals surface area contributed by atoms with Gasteiger partial charge in [-0.05, 0) is 36.4 Å². The molecule has 10 nitrogen and oxygen atoms in total. The SMILES string of the molecule is O=C(CSc1nnc(-c2ccc3c(c2)OCO3)o1)Nc1ccc2[nH]c(=O)[nH]c2c1. The summed E-state index contributed by atoms with van der Waals surface area (Å²) in [6, 6.07) is 10.4. The first-order valence-corrected chi connectivity index (χ1v) is 9.51. The molecular weight excluding hydrogens is 398 g/mol. The zero-order chi connectivity index (χ0) is 19.8. The minimum absolute atomic E-state index is 0.0878. The van der Waals surface area contributed by atoms with E-state index in [1.165, 1.54) is 0 Å². The van der Waals surface area contributed by atoms with Gasteiger partial charge in [0.05, 0.1) is 16.8 Å². The van der Waals surface area contributed by atoms with Crippen LogP contribution in [0.1, 0.15) is 0 Å². The molecule has 29 heavy (non-hydrogen) atoms. The Morgan fingerprint density at radius 1 is 1.07 bits per heavy atom. The Labute approximate surface area is 166 Å². The molecule has 4 aromatic rings. The number of aromatic amines is 2. The van der Waals surface area contributed by atoms with E-state index < -0.39 is 0 Å². The topological polar surface area (TPSA) is 135 Å². The van der Waals surface area contributed by atoms with Crippen molar-refractivity contribution in [3.63, 3.8) is 0 Å². The van der Waals surface area contributed by atoms with Crippen molar-refractivity contribution in [2.75, 3.05) is 17.9 Å². The third-order valence-corrected chi connectivity index (χ3v) is 4.97. The number of thioether (sulfide) groups is 1. The van der Waals surface area contributed by atoms with Crippen molar-refractivity contribution in [1.29, 1.82) is 0 Å². The third-order valence-electron chi connectivity index (χ3n) is 4.15. The molecule has 0 saturated carbocycles. The number of rotatable bonds is 5. The number of carbonyl (C=O) groups excluding carboxylic acids is 1. The van der Waals surface area contributed by atoms with Crippen LogP contribution in [0.3, 0.4) is 0 Å². The highest BCUT2D eigenvalue weighted by atomic mass is 32.2. The van der Waals surface area contributed by atoms with Crippen molar-refractivity contribution in [1.82, 2.24) is 20.2 Å². The fourth-order valence-electron chi connectivity index (χ4n) is 2.85. The van der Waals surface area contributed by atoms with Gasteiger partial charge in [0.1, 0.15) is 0 Å². The lowest BCUT2D eigenvalue weighted by Crippen LogP contribution is -2.13. The van der Waals surface area contributed by atoms with Crippen molar-refractivity contribution in [3.05, 3.63) is 46.9 Å². The van der Waals surface area contributed by atoms with Gasteiger partial charge < -0.3 is 29.2 Å². The average Bonchev–Trinajstić information content (AvgIpc) is 3.44. The molecule has 0 unspecified atom stereocenters. The number of hydrogen-bond donors (Lipinski definition) is 3. The Hall–Kier alpha value is -3.73. The molecule has 1 aliphatic rings. The average molecular weight is 411 g/mol. The summed E-state index contributed by atoms with van der Waals surface area (Å²) in [4.78, 5) is 28.8. The second-order valence-corrected chi connectivity index (χ2v) is 7.04. The molecule has 0 fully saturated rings. The van der Waals surface area contributed by atoms with E-state index in [0.717, 1.165) is 11.8 Å². The van der Waals surface area contributed by atoms with Gasteiger partial charge in [0.2, 0.25) is 18.6 Å². The second-order valence-electron chi connectivity index (χ2n) is 6.12. The van der Waals surface area contributed by atoms with Gasteiger partial charge in [0.15, 0.2) is 11.5 Å². The Balaban J connectivity index is 1.22. The molecule has 3 heterocycles. The fraction of sp³-hybridized carbons (Fsp3) is 0.111. The molecule has 146 valence electrons. The smallest absolute Gasteiger partial charge is 0.323 e. The van der Waals surface area contributed by atoms with Gasteiger partial charge >= 0.3 is 5.69 Å². The van der Waals surface area contributed by atoms with Crippen molar-refractivity contribution in [2.45, 2.75) is 5.22 Å². The lowest BCUT2D eigenvalue weighted by molar-refractivity contribution is -0.113. The van der Waals surface area contributed by atoms with Gasteiger partial charge in [0, 0.05) is 11.3 Å². The van der Waals surface area contributed by atoms with Crippen LogP contribution in [0.2, 0.25) is 0 Å². The maximum atomic E-state index is 12.2. The molecule has 0 aliphatic carbocycles. The Bertz CT molecular complexity index is 1280. The molecule has 0 bridgehead atoms. The maximum absolute atomic E-state index is 12.2. The number of carbonyl (C=O) groups is 1. The molecule has 0 atom stereocenters. The summed E-state index contributed by atoms with van der Waals surface area (Å²) in [5, 5.41) is 11.0. The van der Waals surface area contributed by atoms with Crippen LogP contribution in [0.15, 0.2) is 50.8 Å². The summed E-state index contributed by atoms with van der Waals surface area (Å²) in [6.45, 7) is 0.186. The second kappa shape index (κ2) is 7.02. The molecule has 0 saturated heterocycles. The summed E-state index contributed by atoms with van der Waals surface area (Å²) in [5.74, 6) is 1.46. The van der Waals surface area contributed by atoms with E-state index in [9.17, 15) is 9.59 Å². The van der Waals surface area contributed by atoms with Crippen molar-refractivity contribution in [3.8, 4) is 23.0 Å². The molecule has 2 aromatic carbocycles. The van der Waals surface area contributed by atoms with Crippen molar-refractivity contribution < 1.29 is 18.7 Å². The maximum Gasteiger partial charge on any atom is 0.323 e. The van der Waals surface area contributed by atoms with Crippen LogP contribution in [0.4, 0.5) is 5.69 Å². The first kappa shape index (κ1) is 17.4. The minimum Gasteiger partial charge on any atom is -0.454 e. The van der Waals surface area contributed by atoms with Gasteiger partial charge in [-0.2, -0.15) is 0 Å². The van der Waals surface area contributed by atoms with Crippen molar-refractivity contribution in [2.24, 2.45) is 0 Å². The number of aromatic nitrogens is 4.